The zero-order chi connectivity index (χ0) is 23.6. The van der Waals surface area contributed by atoms with Crippen LogP contribution in [0.15, 0.2) is 42.3 Å². The summed E-state index contributed by atoms with van der Waals surface area (Å²) in [6, 6.07) is 8.23. The van der Waals surface area contributed by atoms with Crippen LogP contribution in [0.3, 0.4) is 0 Å². The van der Waals surface area contributed by atoms with Crippen molar-refractivity contribution < 1.29 is 14.6 Å². The number of fused-ring (bicyclic) bond motifs is 1. The Kier molecular flexibility index (Phi) is 7.27. The van der Waals surface area contributed by atoms with E-state index >= 15 is 0 Å². The minimum atomic E-state index is -1.01. The molecule has 1 fully saturated rings. The zero-order valence-corrected chi connectivity index (χ0v) is 20.9. The van der Waals surface area contributed by atoms with Crippen LogP contribution in [0.5, 0.6) is 5.75 Å². The molecule has 5 nitrogen and oxygen atoms in total. The van der Waals surface area contributed by atoms with Crippen LogP contribution in [0.4, 0.5) is 0 Å². The van der Waals surface area contributed by atoms with Crippen LogP contribution in [0.25, 0.3) is 0 Å². The third-order valence-corrected chi connectivity index (χ3v) is 7.69. The van der Waals surface area contributed by atoms with Gasteiger partial charge in [-0.1, -0.05) is 23.8 Å². The smallest absolute Gasteiger partial charge is 0.237 e. The number of thiophene rings is 1. The number of amides is 1. The second-order valence-corrected chi connectivity index (χ2v) is 10.9. The summed E-state index contributed by atoms with van der Waals surface area (Å²) >= 11 is 1.76. The number of nitrogens with zero attached hydrogens (tertiary/aromatic N) is 2. The SMILES string of the molecule is C=C[C@@](C)(O)CN(CC(=O)N1CCc2sccc2[C@H]1COc1ccc(C)cc1C)CC1CC1. The first-order chi connectivity index (χ1) is 15.8. The fraction of sp³-hybridized carbons (Fsp3) is 0.519. The molecular weight excluding hydrogens is 432 g/mol. The summed E-state index contributed by atoms with van der Waals surface area (Å²) in [6.07, 6.45) is 4.85. The lowest BCUT2D eigenvalue weighted by atomic mass is 10.00. The number of benzene rings is 1. The summed E-state index contributed by atoms with van der Waals surface area (Å²) in [7, 11) is 0. The average Bonchev–Trinajstić information content (AvgIpc) is 3.44. The highest BCUT2D eigenvalue weighted by molar-refractivity contribution is 7.10. The van der Waals surface area contributed by atoms with E-state index < -0.39 is 5.60 Å². The van der Waals surface area contributed by atoms with Gasteiger partial charge in [0.25, 0.3) is 0 Å². The Bertz CT molecular complexity index is 995. The Balaban J connectivity index is 1.49. The molecule has 2 aliphatic rings. The molecule has 1 amide bonds. The molecule has 0 bridgehead atoms. The van der Waals surface area contributed by atoms with Crippen LogP contribution in [0, 0.1) is 19.8 Å². The molecule has 2 heterocycles. The maximum absolute atomic E-state index is 13.6. The molecule has 33 heavy (non-hydrogen) atoms. The van der Waals surface area contributed by atoms with Crippen molar-refractivity contribution in [3.05, 3.63) is 63.9 Å². The van der Waals surface area contributed by atoms with Crippen molar-refractivity contribution in [2.75, 3.05) is 32.8 Å². The van der Waals surface area contributed by atoms with Crippen LogP contribution in [-0.2, 0) is 11.2 Å². The molecule has 178 valence electrons. The highest BCUT2D eigenvalue weighted by Crippen LogP contribution is 2.35. The van der Waals surface area contributed by atoms with E-state index in [1.165, 1.54) is 28.8 Å². The van der Waals surface area contributed by atoms with E-state index in [1.54, 1.807) is 24.3 Å². The first-order valence-electron chi connectivity index (χ1n) is 11.9. The van der Waals surface area contributed by atoms with Crippen LogP contribution in [0.2, 0.25) is 0 Å². The zero-order valence-electron chi connectivity index (χ0n) is 20.0. The lowest BCUT2D eigenvalue weighted by molar-refractivity contribution is -0.136. The van der Waals surface area contributed by atoms with Crippen molar-refractivity contribution in [1.29, 1.82) is 0 Å². The van der Waals surface area contributed by atoms with Crippen molar-refractivity contribution in [2.24, 2.45) is 5.92 Å². The Labute approximate surface area is 201 Å². The number of hydrogen-bond donors (Lipinski definition) is 1. The molecule has 0 radical (unpaired) electrons. The van der Waals surface area contributed by atoms with E-state index in [4.69, 9.17) is 4.74 Å². The van der Waals surface area contributed by atoms with Gasteiger partial charge < -0.3 is 14.7 Å². The van der Waals surface area contributed by atoms with Crippen LogP contribution >= 0.6 is 11.3 Å². The normalized spacial score (nSPS) is 19.8. The molecule has 1 aliphatic heterocycles. The van der Waals surface area contributed by atoms with Gasteiger partial charge in [0.2, 0.25) is 5.91 Å². The molecule has 1 aromatic heterocycles. The number of ether oxygens (including phenoxy) is 1. The van der Waals surface area contributed by atoms with Crippen molar-refractivity contribution in [3.63, 3.8) is 0 Å². The Hall–Kier alpha value is -2.15. The maximum atomic E-state index is 13.6. The first-order valence-corrected chi connectivity index (χ1v) is 12.8. The highest BCUT2D eigenvalue weighted by atomic mass is 32.1. The number of hydrogen-bond acceptors (Lipinski definition) is 5. The van der Waals surface area contributed by atoms with Crippen molar-refractivity contribution >= 4 is 17.2 Å². The van der Waals surface area contributed by atoms with Gasteiger partial charge >= 0.3 is 0 Å². The van der Waals surface area contributed by atoms with Gasteiger partial charge in [0.1, 0.15) is 12.4 Å². The van der Waals surface area contributed by atoms with Gasteiger partial charge in [0.05, 0.1) is 18.2 Å². The minimum absolute atomic E-state index is 0.0987. The summed E-state index contributed by atoms with van der Waals surface area (Å²) < 4.78 is 6.26. The highest BCUT2D eigenvalue weighted by Gasteiger charge is 2.35. The van der Waals surface area contributed by atoms with E-state index in [0.29, 0.717) is 32.2 Å². The van der Waals surface area contributed by atoms with E-state index in [9.17, 15) is 9.90 Å². The molecule has 1 saturated carbocycles. The summed E-state index contributed by atoms with van der Waals surface area (Å²) in [4.78, 5) is 19.0. The minimum Gasteiger partial charge on any atom is -0.491 e. The van der Waals surface area contributed by atoms with Crippen molar-refractivity contribution in [3.8, 4) is 5.75 Å². The quantitative estimate of drug-likeness (QED) is 0.521. The van der Waals surface area contributed by atoms with E-state index in [-0.39, 0.29) is 11.9 Å². The lowest BCUT2D eigenvalue weighted by Gasteiger charge is -2.38. The molecular formula is C27H36N2O3S. The number of rotatable bonds is 10. The molecule has 0 unspecified atom stereocenters. The molecule has 6 heteroatoms. The first kappa shape index (κ1) is 24.0. The molecule has 2 aromatic rings. The number of aryl methyl sites for hydroxylation is 2. The van der Waals surface area contributed by atoms with Crippen molar-refractivity contribution in [2.45, 2.75) is 51.7 Å². The van der Waals surface area contributed by atoms with E-state index in [1.807, 2.05) is 11.0 Å². The summed E-state index contributed by atoms with van der Waals surface area (Å²) in [6.45, 7) is 12.3. The van der Waals surface area contributed by atoms with Crippen LogP contribution in [-0.4, -0.2) is 59.2 Å². The molecule has 4 rings (SSSR count). The largest absolute Gasteiger partial charge is 0.491 e. The molecule has 1 N–H and O–H groups in total. The van der Waals surface area contributed by atoms with Gasteiger partial charge in [-0.25, -0.2) is 0 Å². The van der Waals surface area contributed by atoms with Gasteiger partial charge in [-0.2, -0.15) is 0 Å². The van der Waals surface area contributed by atoms with E-state index in [2.05, 4.69) is 48.9 Å². The maximum Gasteiger partial charge on any atom is 0.237 e. The summed E-state index contributed by atoms with van der Waals surface area (Å²) in [5.41, 5.74) is 2.51. The van der Waals surface area contributed by atoms with Gasteiger partial charge in [-0.05, 0) is 74.6 Å². The third-order valence-electron chi connectivity index (χ3n) is 6.70. The lowest BCUT2D eigenvalue weighted by Crippen LogP contribution is -2.49. The standard InChI is InChI=1S/C27H36N2O3S/c1-5-27(4,31)18-28(15-21-7-8-21)16-26(30)29-12-10-25-22(11-13-33-25)23(29)17-32-24-9-6-19(2)14-20(24)3/h5-6,9,11,13-14,21,23,31H,1,7-8,10,12,15-18H2,2-4H3/t23-,27-/m1/s1. The van der Waals surface area contributed by atoms with E-state index in [0.717, 1.165) is 24.3 Å². The fourth-order valence-electron chi connectivity index (χ4n) is 4.65. The Morgan fingerprint density at radius 3 is 2.85 bits per heavy atom. The van der Waals surface area contributed by atoms with Gasteiger partial charge in [-0.15, -0.1) is 17.9 Å². The average molecular weight is 469 g/mol. The monoisotopic (exact) mass is 468 g/mol. The van der Waals surface area contributed by atoms with Crippen molar-refractivity contribution in [1.82, 2.24) is 9.80 Å². The van der Waals surface area contributed by atoms with Gasteiger partial charge in [-0.3, -0.25) is 9.69 Å². The van der Waals surface area contributed by atoms with Gasteiger partial charge in [0.15, 0.2) is 0 Å². The molecule has 1 aromatic carbocycles. The summed E-state index contributed by atoms with van der Waals surface area (Å²) in [5.74, 6) is 1.60. The van der Waals surface area contributed by atoms with Gasteiger partial charge in [0, 0.05) is 24.5 Å². The molecule has 0 spiro atoms. The Morgan fingerprint density at radius 2 is 2.15 bits per heavy atom. The second-order valence-electron chi connectivity index (χ2n) is 9.91. The number of aliphatic hydroxyl groups is 1. The summed E-state index contributed by atoms with van der Waals surface area (Å²) in [5, 5.41) is 12.7. The molecule has 1 aliphatic carbocycles. The second kappa shape index (κ2) is 10.00. The fourth-order valence-corrected chi connectivity index (χ4v) is 5.58. The number of carbonyl (C=O) groups excluding carboxylic acids is 1. The predicted octanol–water partition coefficient (Wildman–Crippen LogP) is 4.52. The molecule has 0 saturated heterocycles. The topological polar surface area (TPSA) is 53.0 Å². The Morgan fingerprint density at radius 1 is 1.36 bits per heavy atom. The third kappa shape index (κ3) is 6.05. The van der Waals surface area contributed by atoms with Crippen LogP contribution < -0.4 is 4.74 Å². The molecule has 2 atom stereocenters. The number of carbonyl (C=O) groups is 1. The predicted molar refractivity (Wildman–Crippen MR) is 134 cm³/mol. The van der Waals surface area contributed by atoms with Crippen LogP contribution in [0.1, 0.15) is 47.4 Å².